The first-order chi connectivity index (χ1) is 12.1. The molecule has 0 bridgehead atoms. The van der Waals surface area contributed by atoms with Crippen molar-refractivity contribution in [3.63, 3.8) is 0 Å². The number of amides is 1. The second-order valence-corrected chi connectivity index (χ2v) is 6.38. The summed E-state index contributed by atoms with van der Waals surface area (Å²) in [6.45, 7) is 3.32. The lowest BCUT2D eigenvalue weighted by molar-refractivity contribution is 0.0530. The SMILES string of the molecule is O=C(c1ccc(=O)[nH]c1)N1CCN(CC(O)Cc2ccccc2)CC1. The van der Waals surface area contributed by atoms with E-state index < -0.39 is 6.10 Å². The maximum atomic E-state index is 12.4. The summed E-state index contributed by atoms with van der Waals surface area (Å²) >= 11 is 0. The van der Waals surface area contributed by atoms with Gasteiger partial charge in [0.15, 0.2) is 0 Å². The molecule has 2 heterocycles. The Kier molecular flexibility index (Phi) is 5.63. The van der Waals surface area contributed by atoms with Crippen LogP contribution in [0.2, 0.25) is 0 Å². The fourth-order valence-corrected chi connectivity index (χ4v) is 3.11. The third-order valence-corrected chi connectivity index (χ3v) is 4.47. The Balaban J connectivity index is 1.47. The molecule has 0 saturated carbocycles. The lowest BCUT2D eigenvalue weighted by Crippen LogP contribution is -2.50. The molecule has 3 rings (SSSR count). The van der Waals surface area contributed by atoms with Crippen molar-refractivity contribution in [3.8, 4) is 0 Å². The molecule has 1 aromatic heterocycles. The molecule has 0 radical (unpaired) electrons. The number of pyridine rings is 1. The molecule has 1 amide bonds. The van der Waals surface area contributed by atoms with Crippen LogP contribution in [0, 0.1) is 0 Å². The van der Waals surface area contributed by atoms with Crippen molar-refractivity contribution in [2.24, 2.45) is 0 Å². The number of nitrogens with zero attached hydrogens (tertiary/aromatic N) is 2. The summed E-state index contributed by atoms with van der Waals surface area (Å²) in [6.07, 6.45) is 1.68. The van der Waals surface area contributed by atoms with Crippen LogP contribution >= 0.6 is 0 Å². The van der Waals surface area contributed by atoms with Gasteiger partial charge in [-0.15, -0.1) is 0 Å². The predicted octanol–water partition coefficient (Wildman–Crippen LogP) is 0.736. The number of β-amino-alcohol motifs (C(OH)–C–C–N with tert-alkyl or cyclic N) is 1. The lowest BCUT2D eigenvalue weighted by Gasteiger charge is -2.35. The molecular formula is C19H23N3O3. The standard InChI is InChI=1S/C19H23N3O3/c23-17(12-15-4-2-1-3-5-15)14-21-8-10-22(11-9-21)19(25)16-6-7-18(24)20-13-16/h1-7,13,17,23H,8-12,14H2,(H,20,24). The molecule has 2 N–H and O–H groups in total. The number of benzene rings is 1. The molecular weight excluding hydrogens is 318 g/mol. The first kappa shape index (κ1) is 17.4. The van der Waals surface area contributed by atoms with Crippen LogP contribution in [-0.4, -0.2) is 64.6 Å². The maximum absolute atomic E-state index is 12.4. The van der Waals surface area contributed by atoms with E-state index in [-0.39, 0.29) is 11.5 Å². The fourth-order valence-electron chi connectivity index (χ4n) is 3.11. The van der Waals surface area contributed by atoms with Crippen molar-refractivity contribution in [2.75, 3.05) is 32.7 Å². The molecule has 25 heavy (non-hydrogen) atoms. The van der Waals surface area contributed by atoms with E-state index in [2.05, 4.69) is 9.88 Å². The van der Waals surface area contributed by atoms with Crippen LogP contribution in [-0.2, 0) is 6.42 Å². The molecule has 6 heteroatoms. The fraction of sp³-hybridized carbons (Fsp3) is 0.368. The molecule has 1 saturated heterocycles. The van der Waals surface area contributed by atoms with Gasteiger partial charge in [0, 0.05) is 45.0 Å². The Morgan fingerprint density at radius 1 is 1.08 bits per heavy atom. The highest BCUT2D eigenvalue weighted by molar-refractivity contribution is 5.93. The minimum absolute atomic E-state index is 0.0688. The van der Waals surface area contributed by atoms with Crippen molar-refractivity contribution in [1.29, 1.82) is 0 Å². The molecule has 6 nitrogen and oxygen atoms in total. The molecule has 1 aromatic carbocycles. The number of carbonyl (C=O) groups excluding carboxylic acids is 1. The largest absolute Gasteiger partial charge is 0.391 e. The average Bonchev–Trinajstić information content (AvgIpc) is 2.63. The maximum Gasteiger partial charge on any atom is 0.255 e. The molecule has 0 spiro atoms. The Bertz CT molecular complexity index is 732. The average molecular weight is 341 g/mol. The van der Waals surface area contributed by atoms with Gasteiger partial charge in [0.2, 0.25) is 5.56 Å². The van der Waals surface area contributed by atoms with E-state index >= 15 is 0 Å². The van der Waals surface area contributed by atoms with Crippen molar-refractivity contribution in [1.82, 2.24) is 14.8 Å². The molecule has 2 aromatic rings. The monoisotopic (exact) mass is 341 g/mol. The van der Waals surface area contributed by atoms with Gasteiger partial charge < -0.3 is 15.0 Å². The van der Waals surface area contributed by atoms with Gasteiger partial charge in [-0.25, -0.2) is 0 Å². The number of aromatic nitrogens is 1. The summed E-state index contributed by atoms with van der Waals surface area (Å²) in [5.74, 6) is -0.0688. The minimum atomic E-state index is -0.413. The number of hydrogen-bond acceptors (Lipinski definition) is 4. The van der Waals surface area contributed by atoms with Crippen LogP contribution < -0.4 is 5.56 Å². The molecule has 0 aliphatic carbocycles. The van der Waals surface area contributed by atoms with E-state index in [0.29, 0.717) is 31.6 Å². The van der Waals surface area contributed by atoms with Crippen LogP contribution in [0.25, 0.3) is 0 Å². The lowest BCUT2D eigenvalue weighted by atomic mass is 10.1. The highest BCUT2D eigenvalue weighted by Gasteiger charge is 2.23. The van der Waals surface area contributed by atoms with Gasteiger partial charge in [-0.1, -0.05) is 30.3 Å². The summed E-state index contributed by atoms with van der Waals surface area (Å²) in [5, 5.41) is 10.3. The van der Waals surface area contributed by atoms with E-state index in [9.17, 15) is 14.7 Å². The van der Waals surface area contributed by atoms with Gasteiger partial charge in [0.25, 0.3) is 5.91 Å². The van der Waals surface area contributed by atoms with Crippen molar-refractivity contribution in [3.05, 3.63) is 70.1 Å². The highest BCUT2D eigenvalue weighted by atomic mass is 16.3. The smallest absolute Gasteiger partial charge is 0.255 e. The predicted molar refractivity (Wildman–Crippen MR) is 95.6 cm³/mol. The number of nitrogens with one attached hydrogen (secondary N) is 1. The zero-order chi connectivity index (χ0) is 17.6. The Morgan fingerprint density at radius 3 is 2.44 bits per heavy atom. The second kappa shape index (κ2) is 8.09. The summed E-state index contributed by atoms with van der Waals surface area (Å²) < 4.78 is 0. The van der Waals surface area contributed by atoms with Gasteiger partial charge in [-0.05, 0) is 18.1 Å². The van der Waals surface area contributed by atoms with Crippen LogP contribution in [0.5, 0.6) is 0 Å². The number of aliphatic hydroxyl groups is 1. The Labute approximate surface area is 146 Å². The van der Waals surface area contributed by atoms with Gasteiger partial charge >= 0.3 is 0 Å². The molecule has 1 unspecified atom stereocenters. The summed E-state index contributed by atoms with van der Waals surface area (Å²) in [7, 11) is 0. The van der Waals surface area contributed by atoms with E-state index in [1.54, 1.807) is 11.0 Å². The number of aliphatic hydroxyl groups excluding tert-OH is 1. The number of H-pyrrole nitrogens is 1. The van der Waals surface area contributed by atoms with Crippen molar-refractivity contribution < 1.29 is 9.90 Å². The summed E-state index contributed by atoms with van der Waals surface area (Å²) in [4.78, 5) is 30.0. The zero-order valence-electron chi connectivity index (χ0n) is 14.1. The topological polar surface area (TPSA) is 76.6 Å². The van der Waals surface area contributed by atoms with Gasteiger partial charge in [0.05, 0.1) is 11.7 Å². The van der Waals surface area contributed by atoms with Gasteiger partial charge in [-0.3, -0.25) is 14.5 Å². The van der Waals surface area contributed by atoms with E-state index in [0.717, 1.165) is 18.7 Å². The zero-order valence-corrected chi connectivity index (χ0v) is 14.1. The third kappa shape index (κ3) is 4.78. The summed E-state index contributed by atoms with van der Waals surface area (Å²) in [6, 6.07) is 12.9. The van der Waals surface area contributed by atoms with Crippen molar-refractivity contribution >= 4 is 5.91 Å². The van der Waals surface area contributed by atoms with Gasteiger partial charge in [0.1, 0.15) is 0 Å². The summed E-state index contributed by atoms with van der Waals surface area (Å²) in [5.41, 5.74) is 1.41. The molecule has 132 valence electrons. The first-order valence-electron chi connectivity index (χ1n) is 8.54. The Hall–Kier alpha value is -2.44. The molecule has 1 aliphatic rings. The number of hydrogen-bond donors (Lipinski definition) is 2. The van der Waals surface area contributed by atoms with E-state index in [1.165, 1.54) is 12.3 Å². The number of piperazine rings is 1. The van der Waals surface area contributed by atoms with Crippen LogP contribution in [0.1, 0.15) is 15.9 Å². The quantitative estimate of drug-likeness (QED) is 0.841. The van der Waals surface area contributed by atoms with Gasteiger partial charge in [-0.2, -0.15) is 0 Å². The van der Waals surface area contributed by atoms with Crippen LogP contribution in [0.4, 0.5) is 0 Å². The number of carbonyl (C=O) groups is 1. The second-order valence-electron chi connectivity index (χ2n) is 6.38. The molecule has 1 aliphatic heterocycles. The molecule has 1 atom stereocenters. The highest BCUT2D eigenvalue weighted by Crippen LogP contribution is 2.10. The first-order valence-corrected chi connectivity index (χ1v) is 8.54. The molecule has 1 fully saturated rings. The third-order valence-electron chi connectivity index (χ3n) is 4.47. The number of rotatable bonds is 5. The van der Waals surface area contributed by atoms with E-state index in [1.807, 2.05) is 30.3 Å². The van der Waals surface area contributed by atoms with Crippen LogP contribution in [0.15, 0.2) is 53.5 Å². The normalized spacial score (nSPS) is 16.6. The Morgan fingerprint density at radius 2 is 1.80 bits per heavy atom. The van der Waals surface area contributed by atoms with E-state index in [4.69, 9.17) is 0 Å². The van der Waals surface area contributed by atoms with Crippen molar-refractivity contribution in [2.45, 2.75) is 12.5 Å². The minimum Gasteiger partial charge on any atom is -0.391 e. The number of aromatic amines is 1. The van der Waals surface area contributed by atoms with Crippen LogP contribution in [0.3, 0.4) is 0 Å².